The van der Waals surface area contributed by atoms with Crippen LogP contribution < -0.4 is 0 Å². The van der Waals surface area contributed by atoms with Crippen molar-refractivity contribution < 1.29 is 9.32 Å². The van der Waals surface area contributed by atoms with Gasteiger partial charge in [0.1, 0.15) is 5.02 Å². The Morgan fingerprint density at radius 3 is 2.73 bits per heavy atom. The lowest BCUT2D eigenvalue weighted by Gasteiger charge is -1.96. The van der Waals surface area contributed by atoms with Gasteiger partial charge in [0.05, 0.1) is 0 Å². The summed E-state index contributed by atoms with van der Waals surface area (Å²) in [6, 6.07) is 6.95. The number of carbonyl (C=O) groups is 1. The van der Waals surface area contributed by atoms with Gasteiger partial charge in [0.25, 0.3) is 0 Å². The van der Waals surface area contributed by atoms with E-state index in [0.29, 0.717) is 22.6 Å². The van der Waals surface area contributed by atoms with E-state index in [1.165, 1.54) is 0 Å². The van der Waals surface area contributed by atoms with Crippen LogP contribution in [0.15, 0.2) is 28.8 Å². The molecule has 0 N–H and O–H groups in total. The lowest BCUT2D eigenvalue weighted by atomic mass is 10.1. The first-order valence-electron chi connectivity index (χ1n) is 4.08. The van der Waals surface area contributed by atoms with E-state index in [4.69, 9.17) is 27.7 Å². The minimum Gasteiger partial charge on any atom is -0.354 e. The Kier molecular flexibility index (Phi) is 2.75. The fraction of sp³-hybridized carbons (Fsp3) is 0. The predicted octanol–water partition coefficient (Wildman–Crippen LogP) is 3.46. The van der Waals surface area contributed by atoms with Crippen molar-refractivity contribution in [3.05, 3.63) is 40.0 Å². The Morgan fingerprint density at radius 1 is 1.33 bits per heavy atom. The third-order valence-electron chi connectivity index (χ3n) is 1.86. The van der Waals surface area contributed by atoms with E-state index in [1.54, 1.807) is 24.3 Å². The van der Waals surface area contributed by atoms with Gasteiger partial charge in [-0.2, -0.15) is 0 Å². The summed E-state index contributed by atoms with van der Waals surface area (Å²) in [4.78, 5) is 10.5. The van der Waals surface area contributed by atoms with Crippen LogP contribution in [0.1, 0.15) is 10.5 Å². The molecule has 3 nitrogen and oxygen atoms in total. The van der Waals surface area contributed by atoms with Crippen molar-refractivity contribution in [1.82, 2.24) is 5.16 Å². The summed E-state index contributed by atoms with van der Waals surface area (Å²) in [5, 5.41) is 4.29. The van der Waals surface area contributed by atoms with E-state index in [-0.39, 0.29) is 10.7 Å². The molecule has 0 aliphatic carbocycles. The zero-order chi connectivity index (χ0) is 10.8. The number of hydrogen-bond acceptors (Lipinski definition) is 3. The fourth-order valence-electron chi connectivity index (χ4n) is 1.17. The molecule has 1 heterocycles. The molecule has 0 atom stereocenters. The molecule has 2 rings (SSSR count). The molecule has 0 bridgehead atoms. The van der Waals surface area contributed by atoms with Gasteiger partial charge < -0.3 is 4.52 Å². The molecule has 0 radical (unpaired) electrons. The number of nitrogens with zero attached hydrogens (tertiary/aromatic N) is 1. The SMILES string of the molecule is O=Cc1noc(-c2cccc(Cl)c2)c1Cl. The Morgan fingerprint density at radius 2 is 2.13 bits per heavy atom. The molecular formula is C10H5Cl2NO2. The van der Waals surface area contributed by atoms with Gasteiger partial charge in [-0.15, -0.1) is 0 Å². The minimum atomic E-state index is 0.0895. The van der Waals surface area contributed by atoms with Gasteiger partial charge in [-0.05, 0) is 12.1 Å². The molecule has 1 aromatic carbocycles. The van der Waals surface area contributed by atoms with E-state index in [0.717, 1.165) is 0 Å². The first-order chi connectivity index (χ1) is 7.22. The molecule has 0 aliphatic heterocycles. The monoisotopic (exact) mass is 241 g/mol. The molecule has 0 spiro atoms. The van der Waals surface area contributed by atoms with Gasteiger partial charge in [0, 0.05) is 10.6 Å². The zero-order valence-electron chi connectivity index (χ0n) is 7.41. The van der Waals surface area contributed by atoms with Crippen LogP contribution in [0.3, 0.4) is 0 Å². The lowest BCUT2D eigenvalue weighted by molar-refractivity contribution is 0.111. The highest BCUT2D eigenvalue weighted by molar-refractivity contribution is 6.35. The minimum absolute atomic E-state index is 0.0895. The van der Waals surface area contributed by atoms with Crippen molar-refractivity contribution in [3.8, 4) is 11.3 Å². The second-order valence-electron chi connectivity index (χ2n) is 2.84. The first kappa shape index (κ1) is 10.2. The molecule has 0 unspecified atom stereocenters. The Labute approximate surface area is 95.6 Å². The average molecular weight is 242 g/mol. The normalized spacial score (nSPS) is 10.3. The second kappa shape index (κ2) is 4.04. The van der Waals surface area contributed by atoms with Crippen molar-refractivity contribution >= 4 is 29.5 Å². The number of carbonyl (C=O) groups excluding carboxylic acids is 1. The molecule has 0 amide bonds. The number of benzene rings is 1. The van der Waals surface area contributed by atoms with Crippen molar-refractivity contribution in [2.75, 3.05) is 0 Å². The van der Waals surface area contributed by atoms with Crippen LogP contribution in [0, 0.1) is 0 Å². The van der Waals surface area contributed by atoms with Crippen LogP contribution in [0.5, 0.6) is 0 Å². The summed E-state index contributed by atoms with van der Waals surface area (Å²) < 4.78 is 4.96. The Balaban J connectivity index is 2.54. The fourth-order valence-corrected chi connectivity index (χ4v) is 1.59. The molecule has 1 aromatic heterocycles. The van der Waals surface area contributed by atoms with Gasteiger partial charge >= 0.3 is 0 Å². The van der Waals surface area contributed by atoms with Crippen molar-refractivity contribution in [2.45, 2.75) is 0 Å². The van der Waals surface area contributed by atoms with E-state index in [9.17, 15) is 4.79 Å². The Hall–Kier alpha value is -1.32. The summed E-state index contributed by atoms with van der Waals surface area (Å²) in [6.45, 7) is 0. The first-order valence-corrected chi connectivity index (χ1v) is 4.84. The van der Waals surface area contributed by atoms with Gasteiger partial charge in [-0.3, -0.25) is 4.79 Å². The largest absolute Gasteiger partial charge is 0.354 e. The molecule has 5 heteroatoms. The maximum absolute atomic E-state index is 10.5. The highest BCUT2D eigenvalue weighted by atomic mass is 35.5. The molecule has 2 aromatic rings. The van der Waals surface area contributed by atoms with Crippen molar-refractivity contribution in [1.29, 1.82) is 0 Å². The van der Waals surface area contributed by atoms with Crippen LogP contribution in [0.4, 0.5) is 0 Å². The highest BCUT2D eigenvalue weighted by Crippen LogP contribution is 2.31. The molecule has 76 valence electrons. The van der Waals surface area contributed by atoms with E-state index >= 15 is 0 Å². The van der Waals surface area contributed by atoms with Crippen LogP contribution in [-0.2, 0) is 0 Å². The number of aldehydes is 1. The summed E-state index contributed by atoms with van der Waals surface area (Å²) in [6.07, 6.45) is 0.542. The third kappa shape index (κ3) is 1.89. The lowest BCUT2D eigenvalue weighted by Crippen LogP contribution is -1.78. The maximum Gasteiger partial charge on any atom is 0.186 e. The molecule has 0 aliphatic rings. The summed E-state index contributed by atoms with van der Waals surface area (Å²) >= 11 is 11.7. The number of rotatable bonds is 2. The summed E-state index contributed by atoms with van der Waals surface area (Å²) in [7, 11) is 0. The van der Waals surface area contributed by atoms with Gasteiger partial charge in [-0.1, -0.05) is 40.5 Å². The molecule has 0 saturated carbocycles. The van der Waals surface area contributed by atoms with Gasteiger partial charge in [0.2, 0.25) is 0 Å². The van der Waals surface area contributed by atoms with Gasteiger partial charge in [-0.25, -0.2) is 0 Å². The second-order valence-corrected chi connectivity index (χ2v) is 3.65. The quantitative estimate of drug-likeness (QED) is 0.757. The Bertz CT molecular complexity index is 508. The third-order valence-corrected chi connectivity index (χ3v) is 2.46. The zero-order valence-corrected chi connectivity index (χ0v) is 8.92. The van der Waals surface area contributed by atoms with Gasteiger partial charge in [0.15, 0.2) is 17.7 Å². The topological polar surface area (TPSA) is 43.1 Å². The standard InChI is InChI=1S/C10H5Cl2NO2/c11-7-3-1-2-6(4-7)10-9(12)8(5-14)13-15-10/h1-5H. The van der Waals surface area contributed by atoms with Crippen LogP contribution in [-0.4, -0.2) is 11.4 Å². The van der Waals surface area contributed by atoms with Crippen molar-refractivity contribution in [3.63, 3.8) is 0 Å². The molecule has 0 fully saturated rings. The average Bonchev–Trinajstić information content (AvgIpc) is 2.59. The molecule has 15 heavy (non-hydrogen) atoms. The smallest absolute Gasteiger partial charge is 0.186 e. The maximum atomic E-state index is 10.5. The predicted molar refractivity (Wildman–Crippen MR) is 57.3 cm³/mol. The van der Waals surface area contributed by atoms with Crippen LogP contribution in [0.25, 0.3) is 11.3 Å². The van der Waals surface area contributed by atoms with Crippen LogP contribution >= 0.6 is 23.2 Å². The molecular weight excluding hydrogens is 237 g/mol. The number of halogens is 2. The highest BCUT2D eigenvalue weighted by Gasteiger charge is 2.15. The van der Waals surface area contributed by atoms with E-state index in [1.807, 2.05) is 0 Å². The summed E-state index contributed by atoms with van der Waals surface area (Å²) in [5.74, 6) is 0.348. The number of aromatic nitrogens is 1. The summed E-state index contributed by atoms with van der Waals surface area (Å²) in [5.41, 5.74) is 0.778. The van der Waals surface area contributed by atoms with E-state index in [2.05, 4.69) is 5.16 Å². The van der Waals surface area contributed by atoms with Crippen LogP contribution in [0.2, 0.25) is 10.0 Å². The van der Waals surface area contributed by atoms with E-state index < -0.39 is 0 Å². The molecule has 0 saturated heterocycles. The van der Waals surface area contributed by atoms with Crippen molar-refractivity contribution in [2.24, 2.45) is 0 Å². The number of hydrogen-bond donors (Lipinski definition) is 0.